The van der Waals surface area contributed by atoms with Crippen molar-refractivity contribution in [3.8, 4) is 22.8 Å². The van der Waals surface area contributed by atoms with Crippen LogP contribution in [0.1, 0.15) is 12.6 Å². The minimum absolute atomic E-state index is 0.427. The Hall–Kier alpha value is -1.78. The van der Waals surface area contributed by atoms with Crippen LogP contribution in [0.2, 0.25) is 5.02 Å². The summed E-state index contributed by atoms with van der Waals surface area (Å²) in [4.78, 5) is 9.31. The van der Waals surface area contributed by atoms with Crippen molar-refractivity contribution in [1.29, 1.82) is 0 Å². The molecular weight excluding hydrogens is 264 g/mol. The van der Waals surface area contributed by atoms with E-state index < -0.39 is 0 Å². The third kappa shape index (κ3) is 2.80. The molecule has 100 valence electrons. The molecule has 0 amide bonds. The van der Waals surface area contributed by atoms with Gasteiger partial charge in [-0.05, 0) is 24.6 Å². The highest BCUT2D eigenvalue weighted by atomic mass is 35.5. The van der Waals surface area contributed by atoms with Gasteiger partial charge in [0.25, 0.3) is 0 Å². The molecule has 0 saturated heterocycles. The molecule has 0 aliphatic rings. The standard InChI is InChI=1S/C14H15ClN2O2/c1-3-12-14(19-16)11(15)8-13(17-12)9-5-4-6-10(7-9)18-2/h4-8H,3,16H2,1-2H3. The highest BCUT2D eigenvalue weighted by Crippen LogP contribution is 2.32. The van der Waals surface area contributed by atoms with Crippen LogP contribution in [0.3, 0.4) is 0 Å². The largest absolute Gasteiger partial charge is 0.497 e. The number of nitrogens with two attached hydrogens (primary N) is 1. The summed E-state index contributed by atoms with van der Waals surface area (Å²) in [6, 6.07) is 9.37. The first kappa shape index (κ1) is 13.6. The van der Waals surface area contributed by atoms with E-state index in [2.05, 4.69) is 4.98 Å². The smallest absolute Gasteiger partial charge is 0.186 e. The van der Waals surface area contributed by atoms with Crippen LogP contribution in [0.4, 0.5) is 0 Å². The lowest BCUT2D eigenvalue weighted by molar-refractivity contribution is 0.329. The van der Waals surface area contributed by atoms with E-state index in [1.54, 1.807) is 13.2 Å². The van der Waals surface area contributed by atoms with Crippen molar-refractivity contribution in [3.05, 3.63) is 41.0 Å². The van der Waals surface area contributed by atoms with Gasteiger partial charge in [0.05, 0.1) is 23.5 Å². The fraction of sp³-hybridized carbons (Fsp3) is 0.214. The zero-order chi connectivity index (χ0) is 13.8. The van der Waals surface area contributed by atoms with Gasteiger partial charge in [0.2, 0.25) is 0 Å². The Kier molecular flexibility index (Phi) is 4.24. The molecule has 2 N–H and O–H groups in total. The Labute approximate surface area is 117 Å². The number of aromatic nitrogens is 1. The minimum atomic E-state index is 0.427. The first-order valence-electron chi connectivity index (χ1n) is 5.90. The lowest BCUT2D eigenvalue weighted by Gasteiger charge is -2.10. The number of rotatable bonds is 4. The number of aryl methyl sites for hydroxylation is 1. The Bertz CT molecular complexity index is 588. The molecule has 1 aromatic carbocycles. The van der Waals surface area contributed by atoms with Gasteiger partial charge in [0, 0.05) is 5.56 Å². The SMILES string of the molecule is CCc1nc(-c2cccc(OC)c2)cc(Cl)c1ON. The second kappa shape index (κ2) is 5.91. The van der Waals surface area contributed by atoms with Gasteiger partial charge in [0.15, 0.2) is 5.75 Å². The van der Waals surface area contributed by atoms with Crippen LogP contribution in [0.15, 0.2) is 30.3 Å². The molecule has 0 saturated carbocycles. The number of ether oxygens (including phenoxy) is 1. The molecular formula is C14H15ClN2O2. The molecule has 19 heavy (non-hydrogen) atoms. The van der Waals surface area contributed by atoms with Crippen LogP contribution in [0, 0.1) is 0 Å². The normalized spacial score (nSPS) is 10.3. The number of hydrogen-bond donors (Lipinski definition) is 1. The molecule has 1 aromatic heterocycles. The molecule has 5 heteroatoms. The topological polar surface area (TPSA) is 57.4 Å². The Morgan fingerprint density at radius 3 is 2.74 bits per heavy atom. The predicted molar refractivity (Wildman–Crippen MR) is 75.4 cm³/mol. The number of benzene rings is 1. The summed E-state index contributed by atoms with van der Waals surface area (Å²) in [5.41, 5.74) is 2.42. The minimum Gasteiger partial charge on any atom is -0.497 e. The molecule has 0 aliphatic heterocycles. The zero-order valence-electron chi connectivity index (χ0n) is 10.8. The van der Waals surface area contributed by atoms with Crippen molar-refractivity contribution in [1.82, 2.24) is 4.98 Å². The summed E-state index contributed by atoms with van der Waals surface area (Å²) in [7, 11) is 1.63. The molecule has 0 atom stereocenters. The van der Waals surface area contributed by atoms with Crippen LogP contribution in [0.5, 0.6) is 11.5 Å². The summed E-state index contributed by atoms with van der Waals surface area (Å²) in [6.45, 7) is 1.97. The van der Waals surface area contributed by atoms with E-state index in [4.69, 9.17) is 27.1 Å². The highest BCUT2D eigenvalue weighted by Gasteiger charge is 2.12. The summed E-state index contributed by atoms with van der Waals surface area (Å²) in [6.07, 6.45) is 0.685. The highest BCUT2D eigenvalue weighted by molar-refractivity contribution is 6.32. The number of hydrogen-bond acceptors (Lipinski definition) is 4. The molecule has 0 bridgehead atoms. The third-order valence-corrected chi connectivity index (χ3v) is 3.10. The van der Waals surface area contributed by atoms with Crippen LogP contribution in [-0.4, -0.2) is 12.1 Å². The van der Waals surface area contributed by atoms with Crippen molar-refractivity contribution in [2.45, 2.75) is 13.3 Å². The summed E-state index contributed by atoms with van der Waals surface area (Å²) < 4.78 is 5.20. The van der Waals surface area contributed by atoms with E-state index in [9.17, 15) is 0 Å². The molecule has 4 nitrogen and oxygen atoms in total. The zero-order valence-corrected chi connectivity index (χ0v) is 11.6. The quantitative estimate of drug-likeness (QED) is 0.873. The van der Waals surface area contributed by atoms with Gasteiger partial charge in [-0.25, -0.2) is 4.98 Å². The monoisotopic (exact) mass is 278 g/mol. The van der Waals surface area contributed by atoms with Gasteiger partial charge in [0.1, 0.15) is 5.75 Å². The van der Waals surface area contributed by atoms with Gasteiger partial charge in [-0.2, -0.15) is 5.90 Å². The fourth-order valence-corrected chi connectivity index (χ4v) is 2.10. The van der Waals surface area contributed by atoms with E-state index in [-0.39, 0.29) is 0 Å². The van der Waals surface area contributed by atoms with Crippen LogP contribution in [-0.2, 0) is 6.42 Å². The average molecular weight is 279 g/mol. The summed E-state index contributed by atoms with van der Waals surface area (Å²) in [5, 5.41) is 0.451. The maximum Gasteiger partial charge on any atom is 0.186 e. The van der Waals surface area contributed by atoms with Gasteiger partial charge >= 0.3 is 0 Å². The van der Waals surface area contributed by atoms with Crippen molar-refractivity contribution in [3.63, 3.8) is 0 Å². The van der Waals surface area contributed by atoms with Crippen molar-refractivity contribution in [2.75, 3.05) is 7.11 Å². The molecule has 0 unspecified atom stereocenters. The molecule has 1 heterocycles. The first-order chi connectivity index (χ1) is 9.19. The second-order valence-corrected chi connectivity index (χ2v) is 4.38. The van der Waals surface area contributed by atoms with E-state index in [0.717, 1.165) is 22.7 Å². The molecule has 2 aromatic rings. The number of halogens is 1. The van der Waals surface area contributed by atoms with Gasteiger partial charge < -0.3 is 9.57 Å². The molecule has 0 spiro atoms. The molecule has 2 rings (SSSR count). The van der Waals surface area contributed by atoms with Crippen LogP contribution in [0.25, 0.3) is 11.3 Å². The van der Waals surface area contributed by atoms with Gasteiger partial charge in [-0.1, -0.05) is 30.7 Å². The fourth-order valence-electron chi connectivity index (χ4n) is 1.85. The van der Waals surface area contributed by atoms with E-state index in [1.165, 1.54) is 0 Å². The Balaban J connectivity index is 2.53. The van der Waals surface area contributed by atoms with Crippen LogP contribution < -0.4 is 15.5 Å². The van der Waals surface area contributed by atoms with Gasteiger partial charge in [-0.3, -0.25) is 0 Å². The van der Waals surface area contributed by atoms with E-state index in [1.807, 2.05) is 31.2 Å². The van der Waals surface area contributed by atoms with Crippen molar-refractivity contribution in [2.24, 2.45) is 5.90 Å². The van der Waals surface area contributed by atoms with Crippen LogP contribution >= 0.6 is 11.6 Å². The van der Waals surface area contributed by atoms with Gasteiger partial charge in [-0.15, -0.1) is 0 Å². The predicted octanol–water partition coefficient (Wildman–Crippen LogP) is 3.23. The number of nitrogens with zero attached hydrogens (tertiary/aromatic N) is 1. The Morgan fingerprint density at radius 2 is 2.11 bits per heavy atom. The average Bonchev–Trinajstić information content (AvgIpc) is 2.46. The maximum absolute atomic E-state index is 6.16. The number of pyridine rings is 1. The first-order valence-corrected chi connectivity index (χ1v) is 6.28. The van der Waals surface area contributed by atoms with Crippen molar-refractivity contribution >= 4 is 11.6 Å². The lowest BCUT2D eigenvalue weighted by atomic mass is 10.1. The molecule has 0 aliphatic carbocycles. The third-order valence-electron chi connectivity index (χ3n) is 2.82. The summed E-state index contributed by atoms with van der Waals surface area (Å²) in [5.74, 6) is 6.41. The lowest BCUT2D eigenvalue weighted by Crippen LogP contribution is -2.07. The second-order valence-electron chi connectivity index (χ2n) is 3.97. The van der Waals surface area contributed by atoms with Crippen molar-refractivity contribution < 1.29 is 9.57 Å². The molecule has 0 radical (unpaired) electrons. The summed E-state index contributed by atoms with van der Waals surface area (Å²) >= 11 is 6.16. The molecule has 0 fully saturated rings. The number of methoxy groups -OCH3 is 1. The Morgan fingerprint density at radius 1 is 1.32 bits per heavy atom. The van der Waals surface area contributed by atoms with E-state index in [0.29, 0.717) is 17.2 Å². The van der Waals surface area contributed by atoms with E-state index >= 15 is 0 Å². The maximum atomic E-state index is 6.16.